The second-order valence-electron chi connectivity index (χ2n) is 8.99. The first-order chi connectivity index (χ1) is 18.6. The van der Waals surface area contributed by atoms with Gasteiger partial charge in [-0.15, -0.1) is 18.3 Å². The first-order valence-corrected chi connectivity index (χ1v) is 13.1. The second kappa shape index (κ2) is 10.8. The quantitative estimate of drug-likeness (QED) is 0.149. The molecule has 0 spiro atoms. The summed E-state index contributed by atoms with van der Waals surface area (Å²) in [7, 11) is 0. The molecule has 0 atom stereocenters. The monoisotopic (exact) mass is 614 g/mol. The van der Waals surface area contributed by atoms with E-state index in [4.69, 9.17) is 12.2 Å². The maximum atomic E-state index is 12.5. The summed E-state index contributed by atoms with van der Waals surface area (Å²) >= 11 is 8.89. The van der Waals surface area contributed by atoms with E-state index < -0.39 is 6.36 Å². The Morgan fingerprint density at radius 3 is 2.49 bits per heavy atom. The molecular weight excluding hydrogens is 593 g/mol. The van der Waals surface area contributed by atoms with Crippen molar-refractivity contribution in [3.63, 3.8) is 0 Å². The van der Waals surface area contributed by atoms with Gasteiger partial charge in [0.15, 0.2) is 5.11 Å². The number of benzene rings is 3. The average molecular weight is 615 g/mol. The van der Waals surface area contributed by atoms with Crippen LogP contribution in [0.3, 0.4) is 0 Å². The Kier molecular flexibility index (Phi) is 7.41. The minimum atomic E-state index is -4.74. The van der Waals surface area contributed by atoms with E-state index in [9.17, 15) is 13.2 Å². The molecule has 0 radical (unpaired) electrons. The molecular formula is C27H22BrF3N6OS. The minimum Gasteiger partial charge on any atom is -0.406 e. The van der Waals surface area contributed by atoms with Gasteiger partial charge in [-0.2, -0.15) is 5.10 Å². The van der Waals surface area contributed by atoms with Gasteiger partial charge >= 0.3 is 6.36 Å². The van der Waals surface area contributed by atoms with Crippen LogP contribution in [-0.2, 0) is 12.8 Å². The average Bonchev–Trinajstić information content (AvgIpc) is 3.30. The summed E-state index contributed by atoms with van der Waals surface area (Å²) in [4.78, 5) is 0. The van der Waals surface area contributed by atoms with Crippen LogP contribution in [0.15, 0.2) is 64.2 Å². The largest absolute Gasteiger partial charge is 0.573 e. The zero-order valence-corrected chi connectivity index (χ0v) is 23.2. The van der Waals surface area contributed by atoms with Crippen molar-refractivity contribution in [2.45, 2.75) is 33.1 Å². The highest BCUT2D eigenvalue weighted by atomic mass is 79.9. The molecule has 5 rings (SSSR count). The van der Waals surface area contributed by atoms with Crippen LogP contribution in [0.5, 0.6) is 5.75 Å². The van der Waals surface area contributed by atoms with Crippen LogP contribution < -0.4 is 15.5 Å². The summed E-state index contributed by atoms with van der Waals surface area (Å²) in [6, 6.07) is 15.5. The number of hydrogen-bond acceptors (Lipinski definition) is 5. The number of anilines is 1. The van der Waals surface area contributed by atoms with E-state index in [2.05, 4.69) is 46.8 Å². The Morgan fingerprint density at radius 1 is 1.08 bits per heavy atom. The zero-order chi connectivity index (χ0) is 27.7. The van der Waals surface area contributed by atoms with Gasteiger partial charge in [0.1, 0.15) is 11.4 Å². The molecule has 7 nitrogen and oxygen atoms in total. The molecule has 1 aliphatic carbocycles. The summed E-state index contributed by atoms with van der Waals surface area (Å²) in [5.41, 5.74) is 11.1. The van der Waals surface area contributed by atoms with Crippen LogP contribution in [0, 0.1) is 13.8 Å². The predicted molar refractivity (Wildman–Crippen MR) is 151 cm³/mol. The van der Waals surface area contributed by atoms with Gasteiger partial charge in [0, 0.05) is 15.7 Å². The van der Waals surface area contributed by atoms with Crippen molar-refractivity contribution in [3.05, 3.63) is 87.0 Å². The van der Waals surface area contributed by atoms with Gasteiger partial charge in [0.25, 0.3) is 0 Å². The van der Waals surface area contributed by atoms with Crippen LogP contribution in [-0.4, -0.2) is 32.7 Å². The van der Waals surface area contributed by atoms with Gasteiger partial charge in [0.2, 0.25) is 0 Å². The Bertz CT molecular complexity index is 1560. The van der Waals surface area contributed by atoms with Crippen molar-refractivity contribution in [2.75, 3.05) is 5.32 Å². The zero-order valence-electron chi connectivity index (χ0n) is 20.8. The van der Waals surface area contributed by atoms with Crippen molar-refractivity contribution in [2.24, 2.45) is 5.10 Å². The van der Waals surface area contributed by atoms with Crippen molar-refractivity contribution in [1.82, 2.24) is 20.4 Å². The van der Waals surface area contributed by atoms with Crippen LogP contribution in [0.4, 0.5) is 18.9 Å². The summed E-state index contributed by atoms with van der Waals surface area (Å²) in [6.07, 6.45) is -1.61. The van der Waals surface area contributed by atoms with Gasteiger partial charge in [-0.05, 0) is 104 Å². The lowest BCUT2D eigenvalue weighted by atomic mass is 9.91. The molecule has 1 aliphatic rings. The molecule has 0 bridgehead atoms. The maximum Gasteiger partial charge on any atom is 0.573 e. The van der Waals surface area contributed by atoms with E-state index >= 15 is 0 Å². The molecule has 0 saturated carbocycles. The molecule has 4 aromatic rings. The topological polar surface area (TPSA) is 76.4 Å². The van der Waals surface area contributed by atoms with Gasteiger partial charge < -0.3 is 10.1 Å². The minimum absolute atomic E-state index is 0.288. The molecule has 0 unspecified atom stereocenters. The number of fused-ring (bicyclic) bond motifs is 3. The van der Waals surface area contributed by atoms with Crippen LogP contribution in [0.2, 0.25) is 0 Å². The Morgan fingerprint density at radius 2 is 1.79 bits per heavy atom. The third kappa shape index (κ3) is 6.12. The van der Waals surface area contributed by atoms with Gasteiger partial charge in [0.05, 0.1) is 17.6 Å². The molecule has 12 heteroatoms. The molecule has 39 heavy (non-hydrogen) atoms. The van der Waals surface area contributed by atoms with Crippen LogP contribution in [0.25, 0.3) is 16.9 Å². The summed E-state index contributed by atoms with van der Waals surface area (Å²) in [5.74, 6) is -0.288. The number of thiocarbonyl (C=S) groups is 1. The summed E-state index contributed by atoms with van der Waals surface area (Å²) in [6.45, 7) is 4.01. The van der Waals surface area contributed by atoms with E-state index in [0.29, 0.717) is 17.2 Å². The highest BCUT2D eigenvalue weighted by Gasteiger charge is 2.31. The lowest BCUT2D eigenvalue weighted by Gasteiger charge is -2.17. The number of aromatic nitrogens is 3. The second-order valence-corrected chi connectivity index (χ2v) is 10.3. The van der Waals surface area contributed by atoms with E-state index in [1.54, 1.807) is 10.9 Å². The molecule has 1 aromatic heterocycles. The Hall–Kier alpha value is -3.77. The molecule has 200 valence electrons. The normalized spacial score (nSPS) is 12.7. The van der Waals surface area contributed by atoms with Crippen LogP contribution >= 0.6 is 28.1 Å². The first kappa shape index (κ1) is 26.8. The third-order valence-corrected chi connectivity index (χ3v) is 6.86. The molecule has 1 heterocycles. The number of nitrogens with zero attached hydrogens (tertiary/aromatic N) is 4. The van der Waals surface area contributed by atoms with E-state index in [1.165, 1.54) is 24.3 Å². The van der Waals surface area contributed by atoms with E-state index in [0.717, 1.165) is 55.8 Å². The molecule has 0 fully saturated rings. The summed E-state index contributed by atoms with van der Waals surface area (Å²) < 4.78 is 44.0. The lowest BCUT2D eigenvalue weighted by molar-refractivity contribution is -0.274. The highest BCUT2D eigenvalue weighted by molar-refractivity contribution is 9.10. The third-order valence-electron chi connectivity index (χ3n) is 6.21. The number of hydrogen-bond donors (Lipinski definition) is 2. The SMILES string of the molecule is Cc1cc(Br)cc(C)c1NC(=S)NN=Cc1ccc2c(c1)CCc1c-2nnn1-c1ccc(OC(F)(F)F)cc1. The fourth-order valence-electron chi connectivity index (χ4n) is 4.53. The maximum absolute atomic E-state index is 12.5. The van der Waals surface area contributed by atoms with Crippen molar-refractivity contribution in [3.8, 4) is 22.7 Å². The lowest BCUT2D eigenvalue weighted by Crippen LogP contribution is -2.24. The van der Waals surface area contributed by atoms with Crippen molar-refractivity contribution >= 4 is 45.2 Å². The van der Waals surface area contributed by atoms with Crippen molar-refractivity contribution < 1.29 is 17.9 Å². The summed E-state index contributed by atoms with van der Waals surface area (Å²) in [5, 5.41) is 16.5. The molecule has 2 N–H and O–H groups in total. The number of ether oxygens (including phenoxy) is 1. The van der Waals surface area contributed by atoms with Gasteiger partial charge in [-0.3, -0.25) is 5.43 Å². The Balaban J connectivity index is 1.27. The standard InChI is InChI=1S/C27H22BrF3N6OS/c1-15-11-19(28)12-16(2)24(15)33-26(39)35-32-14-17-3-9-22-18(13-17)4-10-23-25(22)34-36-37(23)20-5-7-21(8-6-20)38-27(29,30)31/h3,5-9,11-14H,4,10H2,1-2H3,(H2,33,35,39). The molecule has 3 aromatic carbocycles. The molecule has 0 saturated heterocycles. The number of nitrogens with one attached hydrogen (secondary N) is 2. The van der Waals surface area contributed by atoms with Gasteiger partial charge in [-0.1, -0.05) is 33.3 Å². The fraction of sp³-hybridized carbons (Fsp3) is 0.185. The fourth-order valence-corrected chi connectivity index (χ4v) is 5.37. The number of hydrazone groups is 1. The first-order valence-electron chi connectivity index (χ1n) is 11.9. The molecule has 0 amide bonds. The Labute approximate surface area is 236 Å². The van der Waals surface area contributed by atoms with Crippen molar-refractivity contribution in [1.29, 1.82) is 0 Å². The highest BCUT2D eigenvalue weighted by Crippen LogP contribution is 2.34. The molecule has 0 aliphatic heterocycles. The van der Waals surface area contributed by atoms with E-state index in [-0.39, 0.29) is 5.75 Å². The number of rotatable bonds is 5. The number of halogens is 4. The smallest absolute Gasteiger partial charge is 0.406 e. The van der Waals surface area contributed by atoms with Gasteiger partial charge in [-0.25, -0.2) is 4.68 Å². The van der Waals surface area contributed by atoms with Crippen LogP contribution in [0.1, 0.15) is 27.9 Å². The predicted octanol–water partition coefficient (Wildman–Crippen LogP) is 6.63. The number of alkyl halides is 3. The van der Waals surface area contributed by atoms with E-state index in [1.807, 2.05) is 44.2 Å². The number of aryl methyl sites for hydroxylation is 3.